The average Bonchev–Trinajstić information content (AvgIpc) is 2.51. The minimum atomic E-state index is -0.667. The highest BCUT2D eigenvalue weighted by Crippen LogP contribution is 2.12. The molecule has 0 radical (unpaired) electrons. The Hall–Kier alpha value is -1.06. The summed E-state index contributed by atoms with van der Waals surface area (Å²) in [5.74, 6) is -0.241. The van der Waals surface area contributed by atoms with Crippen LogP contribution in [0.3, 0.4) is 0 Å². The maximum absolute atomic E-state index is 11.3. The second-order valence-corrected chi connectivity index (χ2v) is 6.03. The van der Waals surface area contributed by atoms with Crippen molar-refractivity contribution < 1.29 is 14.3 Å². The molecule has 0 aromatic heterocycles. The third-order valence-electron chi connectivity index (χ3n) is 3.93. The summed E-state index contributed by atoms with van der Waals surface area (Å²) in [5, 5.41) is 2.17. The Labute approximate surface area is 136 Å². The monoisotopic (exact) mass is 313 g/mol. The zero-order chi connectivity index (χ0) is 16.5. The highest BCUT2D eigenvalue weighted by Gasteiger charge is 2.06. The number of nitrogens with one attached hydrogen (secondary N) is 1. The highest BCUT2D eigenvalue weighted by molar-refractivity contribution is 5.91. The molecule has 130 valence electrons. The first kappa shape index (κ1) is 20.9. The fourth-order valence-corrected chi connectivity index (χ4v) is 2.53. The van der Waals surface area contributed by atoms with Crippen molar-refractivity contribution in [2.75, 3.05) is 7.11 Å². The van der Waals surface area contributed by atoms with Crippen molar-refractivity contribution in [1.82, 2.24) is 5.32 Å². The summed E-state index contributed by atoms with van der Waals surface area (Å²) in [4.78, 5) is 22.1. The first-order valence-corrected chi connectivity index (χ1v) is 9.08. The topological polar surface area (TPSA) is 55.4 Å². The van der Waals surface area contributed by atoms with Gasteiger partial charge in [-0.05, 0) is 6.42 Å². The lowest BCUT2D eigenvalue weighted by Crippen LogP contribution is -2.29. The van der Waals surface area contributed by atoms with E-state index in [1.165, 1.54) is 77.7 Å². The van der Waals surface area contributed by atoms with E-state index in [2.05, 4.69) is 17.0 Å². The maximum atomic E-state index is 11.3. The van der Waals surface area contributed by atoms with Crippen molar-refractivity contribution >= 4 is 12.0 Å². The molecule has 2 amide bonds. The predicted octanol–water partition coefficient (Wildman–Crippen LogP) is 5.35. The van der Waals surface area contributed by atoms with Gasteiger partial charge in [-0.3, -0.25) is 10.1 Å². The molecule has 0 unspecified atom stereocenters. The Morgan fingerprint density at radius 3 is 1.55 bits per heavy atom. The van der Waals surface area contributed by atoms with Gasteiger partial charge in [-0.25, -0.2) is 4.79 Å². The van der Waals surface area contributed by atoms with Gasteiger partial charge in [0.15, 0.2) is 0 Å². The molecule has 0 aromatic rings. The Morgan fingerprint density at radius 1 is 0.727 bits per heavy atom. The molecule has 0 aromatic carbocycles. The summed E-state index contributed by atoms with van der Waals surface area (Å²) in [5.41, 5.74) is 0. The summed E-state index contributed by atoms with van der Waals surface area (Å²) in [7, 11) is 1.26. The number of carbonyl (C=O) groups is 2. The second-order valence-electron chi connectivity index (χ2n) is 6.03. The van der Waals surface area contributed by atoms with Gasteiger partial charge in [0.1, 0.15) is 0 Å². The lowest BCUT2D eigenvalue weighted by molar-refractivity contribution is -0.120. The lowest BCUT2D eigenvalue weighted by atomic mass is 10.0. The van der Waals surface area contributed by atoms with Crippen LogP contribution in [0.4, 0.5) is 4.79 Å². The van der Waals surface area contributed by atoms with Crippen LogP contribution in [-0.2, 0) is 9.53 Å². The summed E-state index contributed by atoms with van der Waals surface area (Å²) in [6.07, 6.45) is 16.4. The Balaban J connectivity index is 3.14. The van der Waals surface area contributed by atoms with Crippen molar-refractivity contribution in [3.05, 3.63) is 0 Å². The normalized spacial score (nSPS) is 10.5. The molecule has 0 aliphatic heterocycles. The molecule has 1 N–H and O–H groups in total. The molecule has 0 aliphatic rings. The minimum absolute atomic E-state index is 0.241. The van der Waals surface area contributed by atoms with Gasteiger partial charge in [0, 0.05) is 6.42 Å². The number of rotatable bonds is 14. The highest BCUT2D eigenvalue weighted by atomic mass is 16.5. The number of hydrogen-bond acceptors (Lipinski definition) is 3. The number of alkyl carbamates (subject to hydrolysis) is 1. The van der Waals surface area contributed by atoms with Crippen molar-refractivity contribution in [3.8, 4) is 0 Å². The van der Waals surface area contributed by atoms with Crippen LogP contribution in [0.15, 0.2) is 0 Å². The van der Waals surface area contributed by atoms with Gasteiger partial charge >= 0.3 is 6.09 Å². The largest absolute Gasteiger partial charge is 0.453 e. The predicted molar refractivity (Wildman–Crippen MR) is 90.9 cm³/mol. The number of unbranched alkanes of at least 4 members (excludes halogenated alkanes) is 12. The molecule has 0 fully saturated rings. The van der Waals surface area contributed by atoms with E-state index < -0.39 is 6.09 Å². The molecular weight excluding hydrogens is 278 g/mol. The SMILES string of the molecule is CCCCCCCCCCCCCCCC(=O)NC(=O)OC. The number of methoxy groups -OCH3 is 1. The maximum Gasteiger partial charge on any atom is 0.413 e. The molecule has 0 bridgehead atoms. The van der Waals surface area contributed by atoms with Gasteiger partial charge in [-0.1, -0.05) is 84.0 Å². The van der Waals surface area contributed by atoms with Crippen LogP contribution < -0.4 is 5.32 Å². The van der Waals surface area contributed by atoms with E-state index in [1.54, 1.807) is 0 Å². The zero-order valence-electron chi connectivity index (χ0n) is 14.6. The minimum Gasteiger partial charge on any atom is -0.453 e. The summed E-state index contributed by atoms with van der Waals surface area (Å²) in [6.45, 7) is 2.26. The number of carbonyl (C=O) groups excluding carboxylic acids is 2. The van der Waals surface area contributed by atoms with Crippen LogP contribution in [0.1, 0.15) is 96.8 Å². The molecule has 0 aliphatic carbocycles. The number of ether oxygens (including phenoxy) is 1. The van der Waals surface area contributed by atoms with E-state index in [-0.39, 0.29) is 5.91 Å². The van der Waals surface area contributed by atoms with Gasteiger partial charge in [0.2, 0.25) is 5.91 Å². The molecule has 4 nitrogen and oxygen atoms in total. The van der Waals surface area contributed by atoms with Crippen LogP contribution in [0.25, 0.3) is 0 Å². The first-order chi connectivity index (χ1) is 10.7. The molecule has 0 rings (SSSR count). The van der Waals surface area contributed by atoms with Crippen LogP contribution in [-0.4, -0.2) is 19.1 Å². The third kappa shape index (κ3) is 15.3. The van der Waals surface area contributed by atoms with Crippen molar-refractivity contribution in [2.24, 2.45) is 0 Å². The fraction of sp³-hybridized carbons (Fsp3) is 0.889. The van der Waals surface area contributed by atoms with Crippen LogP contribution in [0, 0.1) is 0 Å². The molecule has 0 atom stereocenters. The summed E-state index contributed by atoms with van der Waals surface area (Å²) < 4.78 is 4.37. The Bertz CT molecular complexity index is 280. The smallest absolute Gasteiger partial charge is 0.413 e. The zero-order valence-corrected chi connectivity index (χ0v) is 14.6. The standard InChI is InChI=1S/C18H35NO3/c1-3-4-5-6-7-8-9-10-11-12-13-14-15-16-17(20)19-18(21)22-2/h3-16H2,1-2H3,(H,19,20,21). The molecular formula is C18H35NO3. The molecule has 0 saturated heterocycles. The summed E-state index contributed by atoms with van der Waals surface area (Å²) >= 11 is 0. The number of amides is 2. The molecule has 4 heteroatoms. The van der Waals surface area contributed by atoms with Crippen molar-refractivity contribution in [2.45, 2.75) is 96.8 Å². The van der Waals surface area contributed by atoms with Crippen molar-refractivity contribution in [1.29, 1.82) is 0 Å². The molecule has 0 saturated carbocycles. The molecule has 22 heavy (non-hydrogen) atoms. The Morgan fingerprint density at radius 2 is 1.14 bits per heavy atom. The van der Waals surface area contributed by atoms with E-state index >= 15 is 0 Å². The summed E-state index contributed by atoms with van der Waals surface area (Å²) in [6, 6.07) is 0. The Kier molecular flexibility index (Phi) is 15.5. The van der Waals surface area contributed by atoms with E-state index in [9.17, 15) is 9.59 Å². The number of hydrogen-bond donors (Lipinski definition) is 1. The first-order valence-electron chi connectivity index (χ1n) is 9.08. The quantitative estimate of drug-likeness (QED) is 0.440. The van der Waals surface area contributed by atoms with Crippen LogP contribution in [0.5, 0.6) is 0 Å². The molecule has 0 heterocycles. The van der Waals surface area contributed by atoms with E-state index in [0.717, 1.165) is 12.8 Å². The van der Waals surface area contributed by atoms with Crippen molar-refractivity contribution in [3.63, 3.8) is 0 Å². The van der Waals surface area contributed by atoms with Gasteiger partial charge in [0.05, 0.1) is 7.11 Å². The van der Waals surface area contributed by atoms with E-state index in [0.29, 0.717) is 6.42 Å². The lowest BCUT2D eigenvalue weighted by Gasteiger charge is -2.04. The average molecular weight is 313 g/mol. The van der Waals surface area contributed by atoms with Gasteiger partial charge in [-0.15, -0.1) is 0 Å². The second kappa shape index (κ2) is 16.3. The molecule has 0 spiro atoms. The van der Waals surface area contributed by atoms with Gasteiger partial charge in [-0.2, -0.15) is 0 Å². The van der Waals surface area contributed by atoms with Gasteiger partial charge in [0.25, 0.3) is 0 Å². The van der Waals surface area contributed by atoms with E-state index in [1.807, 2.05) is 0 Å². The van der Waals surface area contributed by atoms with Gasteiger partial charge < -0.3 is 4.74 Å². The fourth-order valence-electron chi connectivity index (χ4n) is 2.53. The number of imide groups is 1. The van der Waals surface area contributed by atoms with Crippen LogP contribution >= 0.6 is 0 Å². The van der Waals surface area contributed by atoms with Crippen LogP contribution in [0.2, 0.25) is 0 Å². The third-order valence-corrected chi connectivity index (χ3v) is 3.93. The van der Waals surface area contributed by atoms with E-state index in [4.69, 9.17) is 0 Å².